The maximum absolute atomic E-state index is 12.8. The van der Waals surface area contributed by atoms with Crippen LogP contribution in [0.1, 0.15) is 40.1 Å². The van der Waals surface area contributed by atoms with Gasteiger partial charge in [-0.3, -0.25) is 4.79 Å². The highest BCUT2D eigenvalue weighted by Gasteiger charge is 2.16. The van der Waals surface area contributed by atoms with Crippen LogP contribution in [-0.4, -0.2) is 31.3 Å². The molecular weight excluding hydrogens is 515 g/mol. The molecule has 0 aliphatic rings. The summed E-state index contributed by atoms with van der Waals surface area (Å²) in [6, 6.07) is 13.9. The molecular formula is C25H21Cl3N2O5. The van der Waals surface area contributed by atoms with Gasteiger partial charge >= 0.3 is 5.97 Å². The minimum atomic E-state index is -0.622. The number of benzene rings is 3. The molecule has 0 saturated heterocycles. The second-order valence-corrected chi connectivity index (χ2v) is 8.20. The average Bonchev–Trinajstić information content (AvgIpc) is 2.82. The first kappa shape index (κ1) is 26.3. The monoisotopic (exact) mass is 534 g/mol. The third-order valence-electron chi connectivity index (χ3n) is 4.50. The van der Waals surface area contributed by atoms with Crippen LogP contribution in [0.3, 0.4) is 0 Å². The van der Waals surface area contributed by atoms with Crippen LogP contribution in [0.25, 0.3) is 0 Å². The number of esters is 1. The van der Waals surface area contributed by atoms with Crippen molar-refractivity contribution < 1.29 is 23.8 Å². The first-order chi connectivity index (χ1) is 16.8. The number of rotatable bonds is 9. The number of carbonyl (C=O) groups is 2. The Morgan fingerprint density at radius 3 is 2.23 bits per heavy atom. The van der Waals surface area contributed by atoms with Crippen molar-refractivity contribution in [1.29, 1.82) is 0 Å². The molecule has 0 fully saturated rings. The molecule has 0 atom stereocenters. The van der Waals surface area contributed by atoms with E-state index in [1.165, 1.54) is 24.4 Å². The minimum Gasteiger partial charge on any atom is -0.490 e. The topological polar surface area (TPSA) is 86.2 Å². The van der Waals surface area contributed by atoms with Gasteiger partial charge in [0, 0.05) is 15.6 Å². The van der Waals surface area contributed by atoms with Crippen molar-refractivity contribution in [3.05, 3.63) is 86.4 Å². The number of nitrogens with one attached hydrogen (secondary N) is 1. The fraction of sp³-hybridized carbons (Fsp3) is 0.160. The van der Waals surface area contributed by atoms with Crippen LogP contribution in [0.5, 0.6) is 17.2 Å². The van der Waals surface area contributed by atoms with Gasteiger partial charge in [0.1, 0.15) is 5.75 Å². The molecule has 35 heavy (non-hydrogen) atoms. The first-order valence-corrected chi connectivity index (χ1v) is 11.7. The Morgan fingerprint density at radius 2 is 1.51 bits per heavy atom. The van der Waals surface area contributed by atoms with Crippen molar-refractivity contribution in [3.63, 3.8) is 0 Å². The molecule has 3 aromatic carbocycles. The van der Waals surface area contributed by atoms with Gasteiger partial charge in [0.15, 0.2) is 11.5 Å². The summed E-state index contributed by atoms with van der Waals surface area (Å²) in [5.41, 5.74) is 3.20. The summed E-state index contributed by atoms with van der Waals surface area (Å²) in [7, 11) is 0. The highest BCUT2D eigenvalue weighted by atomic mass is 35.5. The van der Waals surface area contributed by atoms with Crippen molar-refractivity contribution in [2.45, 2.75) is 13.8 Å². The molecule has 0 aromatic heterocycles. The Morgan fingerprint density at radius 1 is 0.857 bits per heavy atom. The van der Waals surface area contributed by atoms with E-state index < -0.39 is 11.9 Å². The third-order valence-corrected chi connectivity index (χ3v) is 5.28. The van der Waals surface area contributed by atoms with Crippen molar-refractivity contribution in [2.24, 2.45) is 5.10 Å². The van der Waals surface area contributed by atoms with Gasteiger partial charge in [-0.25, -0.2) is 10.2 Å². The third kappa shape index (κ3) is 7.11. The zero-order valence-electron chi connectivity index (χ0n) is 18.8. The molecule has 0 saturated carbocycles. The first-order valence-electron chi connectivity index (χ1n) is 10.5. The van der Waals surface area contributed by atoms with E-state index in [-0.39, 0.29) is 21.9 Å². The molecule has 10 heteroatoms. The molecule has 0 heterocycles. The maximum atomic E-state index is 12.8. The summed E-state index contributed by atoms with van der Waals surface area (Å²) in [5.74, 6) is -0.00920. The lowest BCUT2D eigenvalue weighted by Gasteiger charge is -2.13. The molecule has 1 amide bonds. The zero-order valence-corrected chi connectivity index (χ0v) is 21.1. The van der Waals surface area contributed by atoms with E-state index >= 15 is 0 Å². The van der Waals surface area contributed by atoms with Gasteiger partial charge in [0.2, 0.25) is 0 Å². The van der Waals surface area contributed by atoms with Crippen LogP contribution in [0, 0.1) is 0 Å². The molecule has 3 rings (SSSR count). The van der Waals surface area contributed by atoms with Crippen LogP contribution in [0.4, 0.5) is 0 Å². The highest BCUT2D eigenvalue weighted by molar-refractivity contribution is 6.36. The van der Waals surface area contributed by atoms with E-state index in [0.717, 1.165) is 0 Å². The molecule has 7 nitrogen and oxygen atoms in total. The van der Waals surface area contributed by atoms with E-state index in [1.54, 1.807) is 36.4 Å². The number of amides is 1. The number of hydrogen-bond donors (Lipinski definition) is 1. The molecule has 182 valence electrons. The van der Waals surface area contributed by atoms with Gasteiger partial charge in [-0.05, 0) is 68.4 Å². The van der Waals surface area contributed by atoms with Gasteiger partial charge in [-0.15, -0.1) is 0 Å². The smallest absolute Gasteiger partial charge is 0.343 e. The van der Waals surface area contributed by atoms with Crippen molar-refractivity contribution in [1.82, 2.24) is 5.43 Å². The number of carbonyl (C=O) groups excluding carboxylic acids is 2. The molecule has 0 radical (unpaired) electrons. The Hall–Kier alpha value is -3.26. The molecule has 0 aliphatic heterocycles. The van der Waals surface area contributed by atoms with Gasteiger partial charge in [-0.2, -0.15) is 5.10 Å². The van der Waals surface area contributed by atoms with E-state index in [9.17, 15) is 9.59 Å². The van der Waals surface area contributed by atoms with E-state index in [4.69, 9.17) is 49.0 Å². The number of ether oxygens (including phenoxy) is 3. The molecule has 0 bridgehead atoms. The molecule has 3 aromatic rings. The minimum absolute atomic E-state index is 0.185. The van der Waals surface area contributed by atoms with Crippen LogP contribution in [0.15, 0.2) is 59.7 Å². The molecule has 0 spiro atoms. The highest BCUT2D eigenvalue weighted by Crippen LogP contribution is 2.30. The number of hydrogen-bond acceptors (Lipinski definition) is 6. The fourth-order valence-corrected chi connectivity index (χ4v) is 3.62. The van der Waals surface area contributed by atoms with E-state index in [2.05, 4.69) is 10.5 Å². The number of halogens is 3. The van der Waals surface area contributed by atoms with Crippen molar-refractivity contribution in [3.8, 4) is 17.2 Å². The van der Waals surface area contributed by atoms with Crippen molar-refractivity contribution in [2.75, 3.05) is 13.2 Å². The Kier molecular flexibility index (Phi) is 9.37. The summed E-state index contributed by atoms with van der Waals surface area (Å²) < 4.78 is 16.7. The molecule has 0 aliphatic carbocycles. The van der Waals surface area contributed by atoms with Crippen LogP contribution in [-0.2, 0) is 0 Å². The van der Waals surface area contributed by atoms with Crippen LogP contribution in [0.2, 0.25) is 15.1 Å². The summed E-state index contributed by atoms with van der Waals surface area (Å²) >= 11 is 18.0. The lowest BCUT2D eigenvalue weighted by Crippen LogP contribution is -2.18. The summed E-state index contributed by atoms with van der Waals surface area (Å²) in [6.07, 6.45) is 1.31. The van der Waals surface area contributed by atoms with Gasteiger partial charge < -0.3 is 14.2 Å². The summed E-state index contributed by atoms with van der Waals surface area (Å²) in [4.78, 5) is 25.2. The summed E-state index contributed by atoms with van der Waals surface area (Å²) in [6.45, 7) is 4.55. The van der Waals surface area contributed by atoms with E-state index in [1.807, 2.05) is 13.8 Å². The zero-order chi connectivity index (χ0) is 25.4. The van der Waals surface area contributed by atoms with Gasteiger partial charge in [-0.1, -0.05) is 34.8 Å². The normalized spacial score (nSPS) is 10.8. The van der Waals surface area contributed by atoms with Crippen LogP contribution < -0.4 is 19.6 Å². The molecule has 0 unspecified atom stereocenters. The SMILES string of the molecule is CCOc1ccc(C(=O)Oc2ccc(Cl)cc2/C=N/NC(=O)c2ccc(Cl)cc2Cl)cc1OCC. The summed E-state index contributed by atoms with van der Waals surface area (Å²) in [5, 5.41) is 4.91. The van der Waals surface area contributed by atoms with Gasteiger partial charge in [0.25, 0.3) is 5.91 Å². The number of nitrogens with zero attached hydrogens (tertiary/aromatic N) is 1. The predicted molar refractivity (Wildman–Crippen MR) is 137 cm³/mol. The Bertz CT molecular complexity index is 1260. The second kappa shape index (κ2) is 12.4. The van der Waals surface area contributed by atoms with Gasteiger partial charge in [0.05, 0.1) is 35.6 Å². The second-order valence-electron chi connectivity index (χ2n) is 6.92. The quantitative estimate of drug-likeness (QED) is 0.148. The predicted octanol–water partition coefficient (Wildman–Crippen LogP) is 6.43. The van der Waals surface area contributed by atoms with E-state index in [0.29, 0.717) is 40.3 Å². The van der Waals surface area contributed by atoms with Crippen LogP contribution >= 0.6 is 34.8 Å². The largest absolute Gasteiger partial charge is 0.490 e. The fourth-order valence-electron chi connectivity index (χ4n) is 2.94. The standard InChI is InChI=1S/C25H21Cl3N2O5/c1-3-33-22-9-5-15(12-23(22)34-4-2)25(32)35-21-10-7-17(26)11-16(21)14-29-30-24(31)19-8-6-18(27)13-20(19)28/h5-14H,3-4H2,1-2H3,(H,30,31)/b29-14+. The van der Waals surface area contributed by atoms with Crippen molar-refractivity contribution >= 4 is 52.9 Å². The average molecular weight is 536 g/mol. The lowest BCUT2D eigenvalue weighted by molar-refractivity contribution is 0.0733. The lowest BCUT2D eigenvalue weighted by atomic mass is 10.2. The molecule has 1 N–H and O–H groups in total. The maximum Gasteiger partial charge on any atom is 0.343 e. The Balaban J connectivity index is 1.77. The number of hydrazone groups is 1. The Labute approximate surface area is 217 Å².